The Morgan fingerprint density at radius 2 is 2.54 bits per heavy atom. The molecular weight excluding hydrogens is 166 g/mol. The summed E-state index contributed by atoms with van der Waals surface area (Å²) in [6.45, 7) is 3.30. The molecule has 1 unspecified atom stereocenters. The zero-order valence-corrected chi connectivity index (χ0v) is 8.08. The molecule has 1 heterocycles. The van der Waals surface area contributed by atoms with Crippen molar-refractivity contribution >= 4 is 5.78 Å². The second kappa shape index (κ2) is 5.02. The smallest absolute Gasteiger partial charge is 0.162 e. The number of ketones is 1. The molecule has 0 aliphatic carbocycles. The Labute approximate surface area is 78.9 Å². The average Bonchev–Trinajstić information content (AvgIpc) is 2.19. The monoisotopic (exact) mass is 183 g/mol. The summed E-state index contributed by atoms with van der Waals surface area (Å²) in [5.74, 6) is 0.466. The highest BCUT2D eigenvalue weighted by Gasteiger charge is 2.15. The van der Waals surface area contributed by atoms with Gasteiger partial charge in [0.25, 0.3) is 0 Å². The molecule has 1 rings (SSSR count). The van der Waals surface area contributed by atoms with E-state index < -0.39 is 0 Å². The third-order valence-electron chi connectivity index (χ3n) is 2.23. The van der Waals surface area contributed by atoms with Crippen LogP contribution in [0.15, 0.2) is 11.8 Å². The number of hydrogen-bond donors (Lipinski definition) is 1. The molecule has 1 atom stereocenters. The standard InChI is InChI=1S/C10H17NO2/c1-8(6-11)5-10(12)9-3-2-4-13-7-9/h7-8H,2-6,11H2,1H3. The highest BCUT2D eigenvalue weighted by atomic mass is 16.5. The lowest BCUT2D eigenvalue weighted by molar-refractivity contribution is -0.116. The van der Waals surface area contributed by atoms with Crippen LogP contribution in [0, 0.1) is 5.92 Å². The van der Waals surface area contributed by atoms with Crippen LogP contribution in [-0.2, 0) is 9.53 Å². The Bertz CT molecular complexity index is 211. The van der Waals surface area contributed by atoms with Gasteiger partial charge in [-0.15, -0.1) is 0 Å². The van der Waals surface area contributed by atoms with E-state index >= 15 is 0 Å². The highest BCUT2D eigenvalue weighted by Crippen LogP contribution is 2.16. The fraction of sp³-hybridized carbons (Fsp3) is 0.700. The molecule has 0 aromatic rings. The van der Waals surface area contributed by atoms with Gasteiger partial charge in [-0.3, -0.25) is 4.79 Å². The summed E-state index contributed by atoms with van der Waals surface area (Å²) in [5.41, 5.74) is 6.27. The second-order valence-corrected chi connectivity index (χ2v) is 3.59. The first-order valence-corrected chi connectivity index (χ1v) is 4.78. The van der Waals surface area contributed by atoms with E-state index in [0.717, 1.165) is 25.0 Å². The van der Waals surface area contributed by atoms with E-state index in [1.54, 1.807) is 6.26 Å². The largest absolute Gasteiger partial charge is 0.501 e. The van der Waals surface area contributed by atoms with E-state index in [1.807, 2.05) is 6.92 Å². The normalized spacial score (nSPS) is 18.8. The van der Waals surface area contributed by atoms with E-state index in [0.29, 0.717) is 13.0 Å². The van der Waals surface area contributed by atoms with E-state index in [1.165, 1.54) is 0 Å². The lowest BCUT2D eigenvalue weighted by atomic mass is 9.97. The Hall–Kier alpha value is -0.830. The molecule has 0 saturated carbocycles. The minimum Gasteiger partial charge on any atom is -0.501 e. The van der Waals surface area contributed by atoms with Crippen LogP contribution in [-0.4, -0.2) is 18.9 Å². The number of nitrogens with two attached hydrogens (primary N) is 1. The van der Waals surface area contributed by atoms with Crippen molar-refractivity contribution < 1.29 is 9.53 Å². The SMILES string of the molecule is CC(CN)CC(=O)C1=COCCC1. The zero-order valence-electron chi connectivity index (χ0n) is 8.08. The van der Waals surface area contributed by atoms with Crippen molar-refractivity contribution in [2.45, 2.75) is 26.2 Å². The van der Waals surface area contributed by atoms with Gasteiger partial charge in [0.15, 0.2) is 5.78 Å². The van der Waals surface area contributed by atoms with Gasteiger partial charge in [0, 0.05) is 12.0 Å². The first-order valence-electron chi connectivity index (χ1n) is 4.78. The predicted molar refractivity (Wildman–Crippen MR) is 51.1 cm³/mol. The Morgan fingerprint density at radius 3 is 3.08 bits per heavy atom. The Morgan fingerprint density at radius 1 is 1.77 bits per heavy atom. The van der Waals surface area contributed by atoms with Gasteiger partial charge in [-0.05, 0) is 25.3 Å². The minimum absolute atomic E-state index is 0.192. The summed E-state index contributed by atoms with van der Waals surface area (Å²) >= 11 is 0. The Balaban J connectivity index is 2.42. The van der Waals surface area contributed by atoms with Crippen LogP contribution in [0.2, 0.25) is 0 Å². The maximum absolute atomic E-state index is 11.6. The van der Waals surface area contributed by atoms with E-state index in [-0.39, 0.29) is 11.7 Å². The number of carbonyl (C=O) groups excluding carboxylic acids is 1. The van der Waals surface area contributed by atoms with E-state index in [9.17, 15) is 4.79 Å². The van der Waals surface area contributed by atoms with Crippen molar-refractivity contribution in [3.8, 4) is 0 Å². The number of allylic oxidation sites excluding steroid dienone is 1. The van der Waals surface area contributed by atoms with Gasteiger partial charge in [0.2, 0.25) is 0 Å². The molecule has 1 aliphatic rings. The highest BCUT2D eigenvalue weighted by molar-refractivity contribution is 5.95. The van der Waals surface area contributed by atoms with Crippen molar-refractivity contribution in [1.82, 2.24) is 0 Å². The van der Waals surface area contributed by atoms with Crippen LogP contribution in [0.25, 0.3) is 0 Å². The van der Waals surface area contributed by atoms with Crippen LogP contribution in [0.4, 0.5) is 0 Å². The van der Waals surface area contributed by atoms with Crippen molar-refractivity contribution in [1.29, 1.82) is 0 Å². The van der Waals surface area contributed by atoms with Crippen molar-refractivity contribution in [3.63, 3.8) is 0 Å². The van der Waals surface area contributed by atoms with Gasteiger partial charge in [-0.25, -0.2) is 0 Å². The number of ether oxygens (including phenoxy) is 1. The van der Waals surface area contributed by atoms with Gasteiger partial charge >= 0.3 is 0 Å². The lowest BCUT2D eigenvalue weighted by Gasteiger charge is -2.14. The summed E-state index contributed by atoms with van der Waals surface area (Å²) < 4.78 is 5.10. The molecule has 0 radical (unpaired) electrons. The second-order valence-electron chi connectivity index (χ2n) is 3.59. The first kappa shape index (κ1) is 10.3. The molecule has 0 aromatic carbocycles. The summed E-state index contributed by atoms with van der Waals surface area (Å²) in [6, 6.07) is 0. The molecule has 0 fully saturated rings. The van der Waals surface area contributed by atoms with Crippen molar-refractivity contribution in [3.05, 3.63) is 11.8 Å². The predicted octanol–water partition coefficient (Wildman–Crippen LogP) is 1.23. The van der Waals surface area contributed by atoms with Gasteiger partial charge in [-0.2, -0.15) is 0 Å². The number of hydrogen-bond acceptors (Lipinski definition) is 3. The molecule has 0 saturated heterocycles. The molecule has 2 N–H and O–H groups in total. The van der Waals surface area contributed by atoms with Gasteiger partial charge in [-0.1, -0.05) is 6.92 Å². The molecule has 1 aliphatic heterocycles. The van der Waals surface area contributed by atoms with Crippen LogP contribution in [0.3, 0.4) is 0 Å². The van der Waals surface area contributed by atoms with Gasteiger partial charge in [0.1, 0.15) is 0 Å². The number of rotatable bonds is 4. The van der Waals surface area contributed by atoms with Crippen molar-refractivity contribution in [2.24, 2.45) is 11.7 Å². The maximum Gasteiger partial charge on any atom is 0.162 e. The van der Waals surface area contributed by atoms with Crippen LogP contribution < -0.4 is 5.73 Å². The molecule has 74 valence electrons. The molecule has 0 spiro atoms. The maximum atomic E-state index is 11.6. The van der Waals surface area contributed by atoms with E-state index in [2.05, 4.69) is 0 Å². The molecule has 0 aromatic heterocycles. The topological polar surface area (TPSA) is 52.3 Å². The molecule has 0 amide bonds. The summed E-state index contributed by atoms with van der Waals surface area (Å²) in [6.07, 6.45) is 3.96. The minimum atomic E-state index is 0.192. The molecule has 3 heteroatoms. The van der Waals surface area contributed by atoms with Crippen LogP contribution in [0.5, 0.6) is 0 Å². The third kappa shape index (κ3) is 3.19. The molecule has 0 bridgehead atoms. The molecule has 13 heavy (non-hydrogen) atoms. The summed E-state index contributed by atoms with van der Waals surface area (Å²) in [4.78, 5) is 11.6. The Kier molecular flexibility index (Phi) is 3.96. The van der Waals surface area contributed by atoms with Crippen molar-refractivity contribution in [2.75, 3.05) is 13.2 Å². The number of Topliss-reactive ketones (excluding diaryl/α,β-unsaturated/α-hetero) is 1. The summed E-state index contributed by atoms with van der Waals surface area (Å²) in [7, 11) is 0. The molecular formula is C10H17NO2. The lowest BCUT2D eigenvalue weighted by Crippen LogP contribution is -2.17. The quantitative estimate of drug-likeness (QED) is 0.713. The van der Waals surface area contributed by atoms with Crippen LogP contribution in [0.1, 0.15) is 26.2 Å². The molecule has 3 nitrogen and oxygen atoms in total. The first-order chi connectivity index (χ1) is 6.24. The fourth-order valence-electron chi connectivity index (χ4n) is 1.30. The summed E-state index contributed by atoms with van der Waals surface area (Å²) in [5, 5.41) is 0. The number of carbonyl (C=O) groups is 1. The van der Waals surface area contributed by atoms with Crippen LogP contribution >= 0.6 is 0 Å². The third-order valence-corrected chi connectivity index (χ3v) is 2.23. The fourth-order valence-corrected chi connectivity index (χ4v) is 1.30. The average molecular weight is 183 g/mol. The van der Waals surface area contributed by atoms with E-state index in [4.69, 9.17) is 10.5 Å². The van der Waals surface area contributed by atoms with Gasteiger partial charge < -0.3 is 10.5 Å². The van der Waals surface area contributed by atoms with Gasteiger partial charge in [0.05, 0.1) is 12.9 Å². The zero-order chi connectivity index (χ0) is 9.68.